The number of ether oxygens (including phenoxy) is 1. The normalized spacial score (nSPS) is 16.7. The zero-order valence-electron chi connectivity index (χ0n) is 24.1. The van der Waals surface area contributed by atoms with Crippen LogP contribution in [0.2, 0.25) is 0 Å². The zero-order chi connectivity index (χ0) is 31.1. The van der Waals surface area contributed by atoms with Crippen molar-refractivity contribution in [3.8, 4) is 0 Å². The Balaban J connectivity index is 1.52. The van der Waals surface area contributed by atoms with Crippen LogP contribution in [0.1, 0.15) is 35.2 Å². The van der Waals surface area contributed by atoms with Crippen LogP contribution in [0.4, 0.5) is 5.69 Å². The van der Waals surface area contributed by atoms with Crippen molar-refractivity contribution in [2.45, 2.75) is 19.5 Å². The highest BCUT2D eigenvalue weighted by Crippen LogP contribution is 2.39. The van der Waals surface area contributed by atoms with Crippen molar-refractivity contribution in [1.82, 2.24) is 4.57 Å². The molecule has 0 saturated heterocycles. The van der Waals surface area contributed by atoms with E-state index in [-0.39, 0.29) is 22.6 Å². The Labute approximate surface area is 271 Å². The summed E-state index contributed by atoms with van der Waals surface area (Å²) in [6.45, 7) is 2.27. The van der Waals surface area contributed by atoms with E-state index in [4.69, 9.17) is 9.73 Å². The Kier molecular flexibility index (Phi) is 7.64. The minimum Gasteiger partial charge on any atom is -0.463 e. The van der Waals surface area contributed by atoms with Gasteiger partial charge in [0, 0.05) is 15.6 Å². The summed E-state index contributed by atoms with van der Waals surface area (Å²) in [7, 11) is 0. The molecule has 7 rings (SSSR count). The number of hydrogen-bond acceptors (Lipinski definition) is 6. The number of esters is 1. The van der Waals surface area contributed by atoms with Gasteiger partial charge in [-0.25, -0.2) is 9.79 Å². The molecular weight excluding hydrogens is 650 g/mol. The SMILES string of the molecule is CCOC(=O)C1=C(c2ccccc2)N=c2s/c(=C3\C(=O)N(Cc4ccccc4)c4ccc(Br)cc43)c(=O)n2[C@@H]1c1ccccc1. The molecule has 2 aliphatic rings. The van der Waals surface area contributed by atoms with E-state index >= 15 is 0 Å². The van der Waals surface area contributed by atoms with Crippen LogP contribution in [0.5, 0.6) is 0 Å². The predicted octanol–water partition coefficient (Wildman–Crippen LogP) is 5.62. The molecule has 0 aliphatic carbocycles. The number of fused-ring (bicyclic) bond motifs is 2. The highest BCUT2D eigenvalue weighted by molar-refractivity contribution is 9.10. The number of hydrogen-bond donors (Lipinski definition) is 0. The van der Waals surface area contributed by atoms with E-state index in [9.17, 15) is 14.4 Å². The second-order valence-electron chi connectivity index (χ2n) is 10.6. The van der Waals surface area contributed by atoms with Gasteiger partial charge < -0.3 is 9.64 Å². The van der Waals surface area contributed by atoms with Gasteiger partial charge in [0.05, 0.1) is 41.7 Å². The van der Waals surface area contributed by atoms with Gasteiger partial charge in [0.25, 0.3) is 11.5 Å². The maximum absolute atomic E-state index is 14.6. The van der Waals surface area contributed by atoms with Crippen LogP contribution < -0.4 is 19.8 Å². The predicted molar refractivity (Wildman–Crippen MR) is 178 cm³/mol. The van der Waals surface area contributed by atoms with E-state index in [0.29, 0.717) is 28.2 Å². The number of carbonyl (C=O) groups excluding carboxylic acids is 2. The molecule has 0 fully saturated rings. The van der Waals surface area contributed by atoms with E-state index in [0.717, 1.165) is 38.2 Å². The minimum atomic E-state index is -0.815. The highest BCUT2D eigenvalue weighted by atomic mass is 79.9. The summed E-state index contributed by atoms with van der Waals surface area (Å²) in [5.74, 6) is -0.812. The zero-order valence-corrected chi connectivity index (χ0v) is 26.5. The van der Waals surface area contributed by atoms with Crippen LogP contribution in [0.15, 0.2) is 129 Å². The third-order valence-corrected chi connectivity index (χ3v) is 9.40. The van der Waals surface area contributed by atoms with E-state index in [1.54, 1.807) is 11.8 Å². The lowest BCUT2D eigenvalue weighted by atomic mass is 9.93. The second-order valence-corrected chi connectivity index (χ2v) is 12.5. The maximum Gasteiger partial charge on any atom is 0.338 e. The molecule has 0 unspecified atom stereocenters. The number of anilines is 1. The molecular formula is C36H26BrN3O4S. The number of rotatable bonds is 6. The average molecular weight is 677 g/mol. The molecule has 9 heteroatoms. The molecule has 5 aromatic rings. The number of halogens is 1. The second kappa shape index (κ2) is 11.9. The molecule has 222 valence electrons. The van der Waals surface area contributed by atoms with Crippen LogP contribution in [0.25, 0.3) is 11.3 Å². The smallest absolute Gasteiger partial charge is 0.338 e. The van der Waals surface area contributed by atoms with Crippen LogP contribution in [0.3, 0.4) is 0 Å². The van der Waals surface area contributed by atoms with E-state index in [2.05, 4.69) is 15.9 Å². The number of benzene rings is 4. The fourth-order valence-electron chi connectivity index (χ4n) is 5.89. The number of nitrogens with zero attached hydrogens (tertiary/aromatic N) is 3. The molecule has 1 aromatic heterocycles. The Hall–Kier alpha value is -4.86. The third-order valence-electron chi connectivity index (χ3n) is 7.85. The van der Waals surface area contributed by atoms with Gasteiger partial charge in [-0.3, -0.25) is 14.2 Å². The Morgan fingerprint density at radius 1 is 0.911 bits per heavy atom. The Morgan fingerprint density at radius 3 is 2.27 bits per heavy atom. The molecule has 0 N–H and O–H groups in total. The summed E-state index contributed by atoms with van der Waals surface area (Å²) in [5, 5.41) is 0. The largest absolute Gasteiger partial charge is 0.463 e. The standard InChI is InChI=1S/C36H26BrN3O4S/c1-2-44-35(43)29-30(23-14-8-4-9-15-23)38-36-40(31(29)24-16-10-5-11-17-24)34(42)32(45-36)28-26-20-25(37)18-19-27(26)39(33(28)41)21-22-12-6-3-7-13-22/h3-20,31H,2,21H2,1H3/b32-28-/t31-/m1/s1. The molecule has 0 saturated carbocycles. The van der Waals surface area contributed by atoms with Crippen molar-refractivity contribution >= 4 is 56.1 Å². The molecule has 3 heterocycles. The van der Waals surface area contributed by atoms with E-state index in [1.807, 2.05) is 109 Å². The Bertz CT molecular complexity index is 2170. The molecule has 2 aliphatic heterocycles. The molecule has 4 aromatic carbocycles. The van der Waals surface area contributed by atoms with Gasteiger partial charge in [0.2, 0.25) is 0 Å². The summed E-state index contributed by atoms with van der Waals surface area (Å²) >= 11 is 4.72. The van der Waals surface area contributed by atoms with Crippen LogP contribution in [-0.2, 0) is 20.9 Å². The van der Waals surface area contributed by atoms with Crippen molar-refractivity contribution in [3.05, 3.63) is 161 Å². The van der Waals surface area contributed by atoms with Crippen molar-refractivity contribution in [2.24, 2.45) is 4.99 Å². The molecule has 0 radical (unpaired) electrons. The van der Waals surface area contributed by atoms with Gasteiger partial charge >= 0.3 is 5.97 Å². The first-order valence-electron chi connectivity index (χ1n) is 14.5. The average Bonchev–Trinajstić information content (AvgIpc) is 3.53. The first kappa shape index (κ1) is 28.9. The van der Waals surface area contributed by atoms with Crippen molar-refractivity contribution in [1.29, 1.82) is 0 Å². The molecule has 45 heavy (non-hydrogen) atoms. The van der Waals surface area contributed by atoms with Gasteiger partial charge in [0.15, 0.2) is 4.80 Å². The van der Waals surface area contributed by atoms with Crippen LogP contribution >= 0.6 is 27.3 Å². The number of thiazole rings is 1. The molecule has 0 spiro atoms. The number of amides is 1. The first-order chi connectivity index (χ1) is 22.0. The summed E-state index contributed by atoms with van der Waals surface area (Å²) in [5.41, 5.74) is 4.45. The molecule has 1 amide bonds. The third kappa shape index (κ3) is 5.08. The van der Waals surface area contributed by atoms with Crippen LogP contribution in [-0.4, -0.2) is 23.1 Å². The summed E-state index contributed by atoms with van der Waals surface area (Å²) in [6, 6.07) is 33.4. The fourth-order valence-corrected chi connectivity index (χ4v) is 7.34. The summed E-state index contributed by atoms with van der Waals surface area (Å²) in [4.78, 5) is 49.6. The first-order valence-corrected chi connectivity index (χ1v) is 16.1. The van der Waals surface area contributed by atoms with Crippen molar-refractivity contribution in [3.63, 3.8) is 0 Å². The lowest BCUT2D eigenvalue weighted by Gasteiger charge is -2.25. The number of carbonyl (C=O) groups is 2. The van der Waals surface area contributed by atoms with Gasteiger partial charge in [-0.2, -0.15) is 0 Å². The van der Waals surface area contributed by atoms with Gasteiger partial charge in [0.1, 0.15) is 4.53 Å². The van der Waals surface area contributed by atoms with Gasteiger partial charge in [-0.05, 0) is 36.2 Å². The quantitative estimate of drug-likeness (QED) is 0.219. The van der Waals surface area contributed by atoms with Gasteiger partial charge in [-0.15, -0.1) is 0 Å². The maximum atomic E-state index is 14.6. The topological polar surface area (TPSA) is 81.0 Å². The molecule has 1 atom stereocenters. The highest BCUT2D eigenvalue weighted by Gasteiger charge is 2.38. The molecule has 0 bridgehead atoms. The van der Waals surface area contributed by atoms with E-state index in [1.165, 1.54) is 4.57 Å². The summed E-state index contributed by atoms with van der Waals surface area (Å²) in [6.07, 6.45) is 0. The monoisotopic (exact) mass is 675 g/mol. The minimum absolute atomic E-state index is 0.165. The Morgan fingerprint density at radius 2 is 1.58 bits per heavy atom. The fraction of sp³-hybridized carbons (Fsp3) is 0.111. The molecule has 7 nitrogen and oxygen atoms in total. The van der Waals surface area contributed by atoms with Crippen LogP contribution in [0, 0.1) is 0 Å². The lowest BCUT2D eigenvalue weighted by molar-refractivity contribution is -0.138. The van der Waals surface area contributed by atoms with E-state index < -0.39 is 17.6 Å². The summed E-state index contributed by atoms with van der Waals surface area (Å²) < 4.78 is 8.15. The van der Waals surface area contributed by atoms with Crippen molar-refractivity contribution < 1.29 is 14.3 Å². The van der Waals surface area contributed by atoms with Gasteiger partial charge in [-0.1, -0.05) is 118 Å². The lowest BCUT2D eigenvalue weighted by Crippen LogP contribution is -2.41. The number of aromatic nitrogens is 1. The van der Waals surface area contributed by atoms with Crippen molar-refractivity contribution in [2.75, 3.05) is 11.5 Å².